The van der Waals surface area contributed by atoms with Gasteiger partial charge in [0.1, 0.15) is 22.5 Å². The molecule has 3 aromatic rings. The number of unbranched alkanes of at least 4 members (excludes halogenated alkanes) is 2. The Morgan fingerprint density at radius 2 is 1.46 bits per heavy atom. The monoisotopic (exact) mass is 394 g/mol. The fourth-order valence-corrected chi connectivity index (χ4v) is 4.60. The molecule has 1 aromatic heterocycles. The van der Waals surface area contributed by atoms with Crippen LogP contribution in [0.15, 0.2) is 18.2 Å². The molecule has 1 heterocycles. The number of phenolic OH excluding ortho intramolecular Hbond substituents is 1. The van der Waals surface area contributed by atoms with Crippen molar-refractivity contribution in [3.05, 3.63) is 46.0 Å². The van der Waals surface area contributed by atoms with E-state index >= 15 is 0 Å². The van der Waals surface area contributed by atoms with Gasteiger partial charge in [0.25, 0.3) is 0 Å². The molecule has 1 N–H and O–H groups in total. The van der Waals surface area contributed by atoms with E-state index in [1.165, 1.54) is 41.1 Å². The molecule has 3 rings (SSSR count). The number of aromatic nitrogens is 3. The topological polar surface area (TPSA) is 50.9 Å². The second-order valence-corrected chi connectivity index (χ2v) is 11.3. The first-order valence-corrected chi connectivity index (χ1v) is 12.9. The van der Waals surface area contributed by atoms with Gasteiger partial charge in [0.2, 0.25) is 0 Å². The van der Waals surface area contributed by atoms with Crippen LogP contribution in [0.3, 0.4) is 0 Å². The molecule has 2 aromatic carbocycles. The van der Waals surface area contributed by atoms with Crippen molar-refractivity contribution in [2.75, 3.05) is 0 Å². The molecule has 0 saturated carbocycles. The van der Waals surface area contributed by atoms with Gasteiger partial charge in [-0.3, -0.25) is 0 Å². The van der Waals surface area contributed by atoms with E-state index in [1.54, 1.807) is 4.80 Å². The van der Waals surface area contributed by atoms with Gasteiger partial charge in [0, 0.05) is 8.80 Å². The van der Waals surface area contributed by atoms with E-state index in [0.717, 1.165) is 29.4 Å². The zero-order chi connectivity index (χ0) is 20.4. The highest BCUT2D eigenvalue weighted by atomic mass is 28.3. The van der Waals surface area contributed by atoms with Crippen LogP contribution >= 0.6 is 0 Å². The van der Waals surface area contributed by atoms with Crippen LogP contribution in [0.2, 0.25) is 19.1 Å². The minimum atomic E-state index is -0.132. The van der Waals surface area contributed by atoms with Gasteiger partial charge in [0.15, 0.2) is 0 Å². The maximum Gasteiger partial charge on any atom is 0.146 e. The minimum Gasteiger partial charge on any atom is -0.505 e. The van der Waals surface area contributed by atoms with Crippen LogP contribution in [-0.4, -0.2) is 28.9 Å². The first-order chi connectivity index (χ1) is 13.3. The third kappa shape index (κ3) is 4.30. The largest absolute Gasteiger partial charge is 0.505 e. The lowest BCUT2D eigenvalue weighted by molar-refractivity contribution is 0.458. The summed E-state index contributed by atoms with van der Waals surface area (Å²) in [6.07, 6.45) is 4.53. The Hall–Kier alpha value is -2.14. The standard InChI is InChI=1S/C23H32N3OSi/c1-15-12-20-21(13-16(15)2)25-26(24-20)22-14-17(3)18(4)19(23(22)27)10-8-7-9-11-28(5)6/h12-14,27H,7-11H2,1-6H3. The number of hydrogen-bond donors (Lipinski definition) is 1. The molecule has 0 unspecified atom stereocenters. The zero-order valence-electron chi connectivity index (χ0n) is 18.1. The molecule has 28 heavy (non-hydrogen) atoms. The van der Waals surface area contributed by atoms with Crippen molar-refractivity contribution >= 4 is 19.8 Å². The number of nitrogens with zero attached hydrogens (tertiary/aromatic N) is 3. The fourth-order valence-electron chi connectivity index (χ4n) is 3.65. The molecule has 0 aliphatic rings. The summed E-state index contributed by atoms with van der Waals surface area (Å²) in [6, 6.07) is 7.49. The molecule has 0 aliphatic carbocycles. The number of benzene rings is 2. The van der Waals surface area contributed by atoms with Gasteiger partial charge < -0.3 is 5.11 Å². The van der Waals surface area contributed by atoms with Gasteiger partial charge in [-0.15, -0.1) is 15.0 Å². The molecular formula is C23H32N3OSi. The van der Waals surface area contributed by atoms with Crippen LogP contribution in [0.1, 0.15) is 47.1 Å². The van der Waals surface area contributed by atoms with E-state index < -0.39 is 0 Å². The average molecular weight is 395 g/mol. The highest BCUT2D eigenvalue weighted by molar-refractivity contribution is 6.55. The van der Waals surface area contributed by atoms with Crippen LogP contribution in [-0.2, 0) is 6.42 Å². The van der Waals surface area contributed by atoms with Crippen LogP contribution in [0, 0.1) is 27.7 Å². The van der Waals surface area contributed by atoms with Crippen molar-refractivity contribution in [3.8, 4) is 11.4 Å². The van der Waals surface area contributed by atoms with Crippen molar-refractivity contribution in [2.45, 2.75) is 72.5 Å². The van der Waals surface area contributed by atoms with Crippen LogP contribution in [0.4, 0.5) is 0 Å². The van der Waals surface area contributed by atoms with Crippen molar-refractivity contribution in [2.24, 2.45) is 0 Å². The Bertz CT molecular complexity index is 952. The Balaban J connectivity index is 1.91. The summed E-state index contributed by atoms with van der Waals surface area (Å²) in [5, 5.41) is 20.3. The van der Waals surface area contributed by atoms with E-state index in [4.69, 9.17) is 0 Å². The molecule has 0 atom stereocenters. The third-order valence-corrected chi connectivity index (χ3v) is 7.09. The maximum absolute atomic E-state index is 11.0. The molecule has 0 aliphatic heterocycles. The maximum atomic E-state index is 11.0. The van der Waals surface area contributed by atoms with E-state index in [-0.39, 0.29) is 8.80 Å². The second kappa shape index (κ2) is 8.48. The summed E-state index contributed by atoms with van der Waals surface area (Å²) in [5.41, 5.74) is 8.20. The van der Waals surface area contributed by atoms with Gasteiger partial charge in [-0.1, -0.05) is 32.0 Å². The predicted octanol–water partition coefficient (Wildman–Crippen LogP) is 5.83. The molecular weight excluding hydrogens is 362 g/mol. The van der Waals surface area contributed by atoms with E-state index in [0.29, 0.717) is 11.4 Å². The lowest BCUT2D eigenvalue weighted by Gasteiger charge is -2.15. The Labute approximate surface area is 170 Å². The second-order valence-electron chi connectivity index (χ2n) is 8.35. The van der Waals surface area contributed by atoms with Gasteiger partial charge in [-0.2, -0.15) is 0 Å². The number of hydrogen-bond acceptors (Lipinski definition) is 3. The number of aromatic hydroxyl groups is 1. The van der Waals surface area contributed by atoms with E-state index in [1.807, 2.05) is 6.07 Å². The van der Waals surface area contributed by atoms with Gasteiger partial charge in [0.05, 0.1) is 0 Å². The third-order valence-electron chi connectivity index (χ3n) is 5.74. The molecule has 0 spiro atoms. The summed E-state index contributed by atoms with van der Waals surface area (Å²) >= 11 is 0. The first-order valence-electron chi connectivity index (χ1n) is 10.2. The van der Waals surface area contributed by atoms with Crippen molar-refractivity contribution in [1.29, 1.82) is 0 Å². The summed E-state index contributed by atoms with van der Waals surface area (Å²) in [6.45, 7) is 13.1. The molecule has 0 fully saturated rings. The Morgan fingerprint density at radius 3 is 2.04 bits per heavy atom. The molecule has 5 heteroatoms. The molecule has 0 bridgehead atoms. The van der Waals surface area contributed by atoms with Gasteiger partial charge in [-0.05, 0) is 86.6 Å². The smallest absolute Gasteiger partial charge is 0.146 e. The quantitative estimate of drug-likeness (QED) is 0.405. The van der Waals surface area contributed by atoms with Crippen molar-refractivity contribution in [1.82, 2.24) is 15.0 Å². The molecule has 1 radical (unpaired) electrons. The van der Waals surface area contributed by atoms with Gasteiger partial charge in [-0.25, -0.2) is 0 Å². The summed E-state index contributed by atoms with van der Waals surface area (Å²) < 4.78 is 0. The summed E-state index contributed by atoms with van der Waals surface area (Å²) in [7, 11) is -0.132. The normalized spacial score (nSPS) is 11.7. The minimum absolute atomic E-state index is 0.132. The highest BCUT2D eigenvalue weighted by Crippen LogP contribution is 2.33. The first kappa shape index (κ1) is 20.6. The SMILES string of the molecule is Cc1cc2nn(-c3cc(C)c(C)c(CCCCC[Si](C)C)c3O)nc2cc1C. The van der Waals surface area contributed by atoms with E-state index in [9.17, 15) is 5.11 Å². The van der Waals surface area contributed by atoms with E-state index in [2.05, 4.69) is 63.1 Å². The van der Waals surface area contributed by atoms with Gasteiger partial charge >= 0.3 is 0 Å². The fraction of sp³-hybridized carbons (Fsp3) is 0.478. The lowest BCUT2D eigenvalue weighted by atomic mass is 9.96. The number of fused-ring (bicyclic) bond motifs is 1. The van der Waals surface area contributed by atoms with Crippen molar-refractivity contribution < 1.29 is 5.11 Å². The average Bonchev–Trinajstić information content (AvgIpc) is 3.03. The molecule has 0 amide bonds. The van der Waals surface area contributed by atoms with Crippen LogP contribution in [0.5, 0.6) is 5.75 Å². The number of aryl methyl sites for hydroxylation is 3. The van der Waals surface area contributed by atoms with Crippen LogP contribution < -0.4 is 0 Å². The molecule has 4 nitrogen and oxygen atoms in total. The summed E-state index contributed by atoms with van der Waals surface area (Å²) in [5.74, 6) is 0.326. The Morgan fingerprint density at radius 1 is 0.857 bits per heavy atom. The molecule has 0 saturated heterocycles. The predicted molar refractivity (Wildman–Crippen MR) is 119 cm³/mol. The van der Waals surface area contributed by atoms with Crippen LogP contribution in [0.25, 0.3) is 16.7 Å². The Kier molecular flexibility index (Phi) is 6.23. The summed E-state index contributed by atoms with van der Waals surface area (Å²) in [4.78, 5) is 1.59. The van der Waals surface area contributed by atoms with Crippen molar-refractivity contribution in [3.63, 3.8) is 0 Å². The number of phenols is 1. The molecule has 149 valence electrons. The lowest BCUT2D eigenvalue weighted by Crippen LogP contribution is -2.04. The zero-order valence-corrected chi connectivity index (χ0v) is 19.1. The number of rotatable bonds is 7. The highest BCUT2D eigenvalue weighted by Gasteiger charge is 2.17.